The number of phenolic OH excluding ortho intramolecular Hbond substituents is 1. The number of ether oxygens (including phenoxy) is 1. The Morgan fingerprint density at radius 2 is 2.04 bits per heavy atom. The highest BCUT2D eigenvalue weighted by Gasteiger charge is 2.30. The lowest BCUT2D eigenvalue weighted by Crippen LogP contribution is -2.45. The SMILES string of the molecule is COc1cc([N+](=O)[O-])cc([C@@H](c2cccs2)N2CCNCC2)c1O.Cl.Cl. The molecule has 1 aromatic heterocycles. The lowest BCUT2D eigenvalue weighted by molar-refractivity contribution is -0.385. The molecule has 0 aliphatic carbocycles. The molecule has 0 bridgehead atoms. The predicted octanol–water partition coefficient (Wildman–Crippen LogP) is 3.21. The Labute approximate surface area is 167 Å². The van der Waals surface area contributed by atoms with E-state index < -0.39 is 4.92 Å². The molecule has 2 aromatic rings. The van der Waals surface area contributed by atoms with Crippen LogP contribution >= 0.6 is 36.2 Å². The van der Waals surface area contributed by atoms with Crippen LogP contribution in [0.2, 0.25) is 0 Å². The number of methoxy groups -OCH3 is 1. The normalized spacial score (nSPS) is 15.4. The number of rotatable bonds is 5. The highest BCUT2D eigenvalue weighted by Crippen LogP contribution is 2.43. The molecule has 0 radical (unpaired) electrons. The number of benzene rings is 1. The summed E-state index contributed by atoms with van der Waals surface area (Å²) in [5, 5.41) is 27.1. The predicted molar refractivity (Wildman–Crippen MR) is 106 cm³/mol. The van der Waals surface area contributed by atoms with E-state index in [1.807, 2.05) is 17.5 Å². The van der Waals surface area contributed by atoms with Crippen LogP contribution in [0.25, 0.3) is 0 Å². The largest absolute Gasteiger partial charge is 0.504 e. The van der Waals surface area contributed by atoms with E-state index in [0.717, 1.165) is 31.1 Å². The zero-order chi connectivity index (χ0) is 17.1. The molecule has 2 N–H and O–H groups in total. The van der Waals surface area contributed by atoms with Crippen LogP contribution in [0.15, 0.2) is 29.6 Å². The number of nitro benzene ring substituents is 1. The molecular formula is C16H21Cl2N3O4S. The summed E-state index contributed by atoms with van der Waals surface area (Å²) in [6, 6.07) is 6.40. The molecule has 1 fully saturated rings. The third-order valence-electron chi connectivity index (χ3n) is 4.14. The highest BCUT2D eigenvalue weighted by molar-refractivity contribution is 7.10. The average molecular weight is 422 g/mol. The van der Waals surface area contributed by atoms with Gasteiger partial charge in [-0.3, -0.25) is 15.0 Å². The monoisotopic (exact) mass is 421 g/mol. The molecule has 1 aliphatic heterocycles. The van der Waals surface area contributed by atoms with Gasteiger partial charge in [0.15, 0.2) is 11.5 Å². The van der Waals surface area contributed by atoms with E-state index >= 15 is 0 Å². The van der Waals surface area contributed by atoms with E-state index in [1.54, 1.807) is 11.3 Å². The molecule has 1 saturated heterocycles. The van der Waals surface area contributed by atoms with Gasteiger partial charge in [-0.1, -0.05) is 6.07 Å². The first kappa shape index (κ1) is 22.5. The lowest BCUT2D eigenvalue weighted by Gasteiger charge is -2.35. The Morgan fingerprint density at radius 1 is 1.35 bits per heavy atom. The van der Waals surface area contributed by atoms with Crippen molar-refractivity contribution in [1.82, 2.24) is 10.2 Å². The summed E-state index contributed by atoms with van der Waals surface area (Å²) in [5.41, 5.74) is 0.418. The molecule has 0 unspecified atom stereocenters. The zero-order valence-electron chi connectivity index (χ0n) is 14.1. The highest BCUT2D eigenvalue weighted by atomic mass is 35.5. The van der Waals surface area contributed by atoms with Crippen molar-refractivity contribution in [2.75, 3.05) is 33.3 Å². The van der Waals surface area contributed by atoms with Crippen molar-refractivity contribution >= 4 is 41.8 Å². The summed E-state index contributed by atoms with van der Waals surface area (Å²) in [7, 11) is 1.40. The van der Waals surface area contributed by atoms with E-state index in [4.69, 9.17) is 4.74 Å². The third kappa shape index (κ3) is 4.57. The minimum atomic E-state index is -0.464. The lowest BCUT2D eigenvalue weighted by atomic mass is 10.00. The number of thiophene rings is 1. The second-order valence-electron chi connectivity index (χ2n) is 5.55. The van der Waals surface area contributed by atoms with Gasteiger partial charge in [-0.05, 0) is 11.4 Å². The van der Waals surface area contributed by atoms with Crippen LogP contribution in [0.3, 0.4) is 0 Å². The molecule has 26 heavy (non-hydrogen) atoms. The van der Waals surface area contributed by atoms with Crippen molar-refractivity contribution in [3.8, 4) is 11.5 Å². The molecule has 10 heteroatoms. The number of hydrogen-bond donors (Lipinski definition) is 2. The zero-order valence-corrected chi connectivity index (χ0v) is 16.5. The Balaban J connectivity index is 0.00000169. The average Bonchev–Trinajstić information content (AvgIpc) is 3.11. The molecule has 0 spiro atoms. The molecule has 3 rings (SSSR count). The maximum Gasteiger partial charge on any atom is 0.273 e. The molecule has 2 heterocycles. The first-order chi connectivity index (χ1) is 11.6. The van der Waals surface area contributed by atoms with Crippen molar-refractivity contribution in [3.63, 3.8) is 0 Å². The van der Waals surface area contributed by atoms with Crippen molar-refractivity contribution in [3.05, 3.63) is 50.2 Å². The van der Waals surface area contributed by atoms with Crippen LogP contribution in [0.5, 0.6) is 11.5 Å². The fraction of sp³-hybridized carbons (Fsp3) is 0.375. The Kier molecular flexibility index (Phi) is 8.58. The number of halogens is 2. The van der Waals surface area contributed by atoms with Gasteiger partial charge in [-0.15, -0.1) is 36.2 Å². The third-order valence-corrected chi connectivity index (χ3v) is 5.07. The number of nitrogens with zero attached hydrogens (tertiary/aromatic N) is 2. The first-order valence-corrected chi connectivity index (χ1v) is 8.53. The standard InChI is InChI=1S/C16H19N3O4S.2ClH/c1-23-13-10-11(19(21)22)9-12(16(13)20)15(14-3-2-8-24-14)18-6-4-17-5-7-18;;/h2-3,8-10,15,17,20H,4-7H2,1H3;2*1H/t15-;;/m0../s1. The number of aromatic hydroxyl groups is 1. The smallest absolute Gasteiger partial charge is 0.273 e. The number of non-ortho nitro benzene ring substituents is 1. The van der Waals surface area contributed by atoms with Gasteiger partial charge in [0.25, 0.3) is 5.69 Å². The van der Waals surface area contributed by atoms with Crippen molar-refractivity contribution in [1.29, 1.82) is 0 Å². The van der Waals surface area contributed by atoms with E-state index in [-0.39, 0.29) is 48.0 Å². The fourth-order valence-corrected chi connectivity index (χ4v) is 3.88. The van der Waals surface area contributed by atoms with E-state index in [2.05, 4.69) is 10.2 Å². The van der Waals surface area contributed by atoms with Crippen molar-refractivity contribution < 1.29 is 14.8 Å². The van der Waals surface area contributed by atoms with Crippen molar-refractivity contribution in [2.45, 2.75) is 6.04 Å². The Bertz CT molecular complexity index is 725. The van der Waals surface area contributed by atoms with Gasteiger partial charge < -0.3 is 15.2 Å². The molecule has 0 saturated carbocycles. The minimum absolute atomic E-state index is 0. The minimum Gasteiger partial charge on any atom is -0.504 e. The summed E-state index contributed by atoms with van der Waals surface area (Å²) in [5.74, 6) is 0.0796. The molecule has 0 amide bonds. The number of nitrogens with one attached hydrogen (secondary N) is 1. The maximum absolute atomic E-state index is 11.3. The Hall–Kier alpha value is -1.58. The summed E-state index contributed by atoms with van der Waals surface area (Å²) in [6.07, 6.45) is 0. The summed E-state index contributed by atoms with van der Waals surface area (Å²) < 4.78 is 5.15. The topological polar surface area (TPSA) is 87.9 Å². The molecule has 7 nitrogen and oxygen atoms in total. The molecule has 1 aliphatic rings. The number of nitro groups is 1. The summed E-state index contributed by atoms with van der Waals surface area (Å²) in [4.78, 5) is 14.1. The van der Waals surface area contributed by atoms with E-state index in [0.29, 0.717) is 5.56 Å². The van der Waals surface area contributed by atoms with Crippen LogP contribution in [-0.2, 0) is 0 Å². The fourth-order valence-electron chi connectivity index (χ4n) is 3.00. The number of piperazine rings is 1. The van der Waals surface area contributed by atoms with Gasteiger partial charge >= 0.3 is 0 Å². The number of hydrogen-bond acceptors (Lipinski definition) is 7. The van der Waals surface area contributed by atoms with Crippen LogP contribution in [0.4, 0.5) is 5.69 Å². The van der Waals surface area contributed by atoms with E-state index in [9.17, 15) is 15.2 Å². The second kappa shape index (κ2) is 9.94. The summed E-state index contributed by atoms with van der Waals surface area (Å²) >= 11 is 1.57. The van der Waals surface area contributed by atoms with Gasteiger partial charge in [0.05, 0.1) is 24.1 Å². The van der Waals surface area contributed by atoms with Crippen LogP contribution in [0, 0.1) is 10.1 Å². The quantitative estimate of drug-likeness (QED) is 0.569. The number of phenols is 1. The van der Waals surface area contributed by atoms with Gasteiger partial charge in [0.1, 0.15) is 0 Å². The first-order valence-electron chi connectivity index (χ1n) is 7.65. The molecule has 144 valence electrons. The van der Waals surface area contributed by atoms with Gasteiger partial charge in [-0.2, -0.15) is 0 Å². The maximum atomic E-state index is 11.3. The molecule has 1 aromatic carbocycles. The van der Waals surface area contributed by atoms with Gasteiger partial charge in [-0.25, -0.2) is 0 Å². The van der Waals surface area contributed by atoms with Crippen LogP contribution in [0.1, 0.15) is 16.5 Å². The summed E-state index contributed by atoms with van der Waals surface area (Å²) in [6.45, 7) is 3.28. The van der Waals surface area contributed by atoms with Gasteiger partial charge in [0.2, 0.25) is 0 Å². The van der Waals surface area contributed by atoms with Crippen molar-refractivity contribution in [2.24, 2.45) is 0 Å². The van der Waals surface area contributed by atoms with Crippen LogP contribution in [-0.4, -0.2) is 48.2 Å². The second-order valence-corrected chi connectivity index (χ2v) is 6.53. The molecule has 1 atom stereocenters. The Morgan fingerprint density at radius 3 is 2.58 bits per heavy atom. The van der Waals surface area contributed by atoms with Crippen LogP contribution < -0.4 is 10.1 Å². The van der Waals surface area contributed by atoms with E-state index in [1.165, 1.54) is 19.2 Å². The molecular weight excluding hydrogens is 401 g/mol. The van der Waals surface area contributed by atoms with Gasteiger partial charge in [0, 0.05) is 42.7 Å².